The predicted octanol–water partition coefficient (Wildman–Crippen LogP) is 2.95. The van der Waals surface area contributed by atoms with Gasteiger partial charge in [-0.3, -0.25) is 10.7 Å². The van der Waals surface area contributed by atoms with Crippen LogP contribution >= 0.6 is 0 Å². The molecule has 0 fully saturated rings. The standard InChI is InChI=1S/C8H7F4NO/c1-4-6(8(10,11)12)2-5(9)3-7(4)13-14/h2-3,13-14H,1H3. The minimum absolute atomic E-state index is 0.249. The fourth-order valence-electron chi connectivity index (χ4n) is 1.09. The van der Waals surface area contributed by atoms with Crippen LogP contribution in [0, 0.1) is 12.7 Å². The molecule has 0 heterocycles. The van der Waals surface area contributed by atoms with Crippen LogP contribution in [-0.4, -0.2) is 5.21 Å². The Kier molecular flexibility index (Phi) is 2.66. The molecule has 0 saturated carbocycles. The van der Waals surface area contributed by atoms with Crippen molar-refractivity contribution in [2.24, 2.45) is 0 Å². The van der Waals surface area contributed by atoms with Crippen LogP contribution in [0.2, 0.25) is 0 Å². The smallest absolute Gasteiger partial charge is 0.291 e. The monoisotopic (exact) mass is 209 g/mol. The first-order valence-corrected chi connectivity index (χ1v) is 3.63. The Morgan fingerprint density at radius 1 is 1.29 bits per heavy atom. The maximum atomic E-state index is 12.7. The predicted molar refractivity (Wildman–Crippen MR) is 41.5 cm³/mol. The molecule has 1 aromatic carbocycles. The number of alkyl halides is 3. The summed E-state index contributed by atoms with van der Waals surface area (Å²) in [7, 11) is 0. The van der Waals surface area contributed by atoms with Crippen molar-refractivity contribution in [3.8, 4) is 0 Å². The number of hydrogen-bond donors (Lipinski definition) is 2. The van der Waals surface area contributed by atoms with Crippen molar-refractivity contribution in [3.63, 3.8) is 0 Å². The van der Waals surface area contributed by atoms with Crippen LogP contribution in [0.25, 0.3) is 0 Å². The van der Waals surface area contributed by atoms with Crippen molar-refractivity contribution >= 4 is 5.69 Å². The van der Waals surface area contributed by atoms with E-state index >= 15 is 0 Å². The molecule has 0 unspecified atom stereocenters. The van der Waals surface area contributed by atoms with E-state index in [1.54, 1.807) is 0 Å². The Morgan fingerprint density at radius 2 is 1.86 bits per heavy atom. The maximum absolute atomic E-state index is 12.7. The third kappa shape index (κ3) is 1.95. The number of halogens is 4. The van der Waals surface area contributed by atoms with Crippen molar-refractivity contribution in [1.82, 2.24) is 0 Å². The number of nitrogens with one attached hydrogen (secondary N) is 1. The van der Waals surface area contributed by atoms with Gasteiger partial charge in [-0.05, 0) is 24.6 Å². The van der Waals surface area contributed by atoms with E-state index in [0.717, 1.165) is 13.0 Å². The molecule has 0 radical (unpaired) electrons. The molecule has 6 heteroatoms. The third-order valence-corrected chi connectivity index (χ3v) is 1.80. The molecule has 0 saturated heterocycles. The third-order valence-electron chi connectivity index (χ3n) is 1.80. The van der Waals surface area contributed by atoms with Crippen LogP contribution in [-0.2, 0) is 6.18 Å². The van der Waals surface area contributed by atoms with Gasteiger partial charge in [0.1, 0.15) is 5.82 Å². The van der Waals surface area contributed by atoms with E-state index in [2.05, 4.69) is 0 Å². The number of hydrogen-bond acceptors (Lipinski definition) is 2. The van der Waals surface area contributed by atoms with E-state index in [1.807, 2.05) is 0 Å². The SMILES string of the molecule is Cc1c(NO)cc(F)cc1C(F)(F)F. The van der Waals surface area contributed by atoms with Gasteiger partial charge in [0.2, 0.25) is 0 Å². The fourth-order valence-corrected chi connectivity index (χ4v) is 1.09. The summed E-state index contributed by atoms with van der Waals surface area (Å²) >= 11 is 0. The van der Waals surface area contributed by atoms with E-state index in [1.165, 1.54) is 5.48 Å². The second-order valence-electron chi connectivity index (χ2n) is 2.74. The molecule has 2 N–H and O–H groups in total. The largest absolute Gasteiger partial charge is 0.416 e. The average molecular weight is 209 g/mol. The summed E-state index contributed by atoms with van der Waals surface area (Å²) in [5.41, 5.74) is -0.137. The van der Waals surface area contributed by atoms with Crippen molar-refractivity contribution in [3.05, 3.63) is 29.1 Å². The van der Waals surface area contributed by atoms with Gasteiger partial charge in [-0.25, -0.2) is 4.39 Å². The molecule has 2 nitrogen and oxygen atoms in total. The highest BCUT2D eigenvalue weighted by atomic mass is 19.4. The zero-order chi connectivity index (χ0) is 10.9. The second-order valence-corrected chi connectivity index (χ2v) is 2.74. The molecule has 0 bridgehead atoms. The summed E-state index contributed by atoms with van der Waals surface area (Å²) in [4.78, 5) is 0. The van der Waals surface area contributed by atoms with Gasteiger partial charge in [0, 0.05) is 0 Å². The van der Waals surface area contributed by atoms with Gasteiger partial charge in [0.15, 0.2) is 0 Å². The molecule has 0 aliphatic rings. The summed E-state index contributed by atoms with van der Waals surface area (Å²) in [5.74, 6) is -1.06. The van der Waals surface area contributed by atoms with Crippen molar-refractivity contribution in [2.45, 2.75) is 13.1 Å². The van der Waals surface area contributed by atoms with Gasteiger partial charge >= 0.3 is 6.18 Å². The van der Waals surface area contributed by atoms with Crippen molar-refractivity contribution in [2.75, 3.05) is 5.48 Å². The molecule has 78 valence electrons. The number of rotatable bonds is 1. The van der Waals surface area contributed by atoms with E-state index in [0.29, 0.717) is 6.07 Å². The topological polar surface area (TPSA) is 32.3 Å². The molecule has 0 aliphatic heterocycles. The van der Waals surface area contributed by atoms with Crippen LogP contribution in [0.1, 0.15) is 11.1 Å². The summed E-state index contributed by atoms with van der Waals surface area (Å²) in [6.45, 7) is 1.14. The van der Waals surface area contributed by atoms with Crippen LogP contribution in [0.3, 0.4) is 0 Å². The van der Waals surface area contributed by atoms with Crippen molar-refractivity contribution < 1.29 is 22.8 Å². The fraction of sp³-hybridized carbons (Fsp3) is 0.250. The average Bonchev–Trinajstić information content (AvgIpc) is 2.06. The van der Waals surface area contributed by atoms with Gasteiger partial charge in [-0.2, -0.15) is 13.2 Å². The quantitative estimate of drug-likeness (QED) is 0.550. The van der Waals surface area contributed by atoms with Crippen LogP contribution in [0.4, 0.5) is 23.2 Å². The Bertz CT molecular complexity index is 348. The lowest BCUT2D eigenvalue weighted by Gasteiger charge is -2.13. The van der Waals surface area contributed by atoms with E-state index in [9.17, 15) is 17.6 Å². The van der Waals surface area contributed by atoms with Crippen LogP contribution in [0.5, 0.6) is 0 Å². The first kappa shape index (κ1) is 10.8. The van der Waals surface area contributed by atoms with Gasteiger partial charge in [-0.15, -0.1) is 0 Å². The molecule has 0 spiro atoms. The van der Waals surface area contributed by atoms with E-state index in [4.69, 9.17) is 5.21 Å². The molecular formula is C8H7F4NO. The Hall–Kier alpha value is -1.30. The Labute approximate surface area is 77.1 Å². The molecule has 0 amide bonds. The highest BCUT2D eigenvalue weighted by Crippen LogP contribution is 2.35. The normalized spacial score (nSPS) is 11.6. The minimum atomic E-state index is -4.63. The maximum Gasteiger partial charge on any atom is 0.416 e. The molecule has 14 heavy (non-hydrogen) atoms. The molecule has 0 atom stereocenters. The Balaban J connectivity index is 3.37. The lowest BCUT2D eigenvalue weighted by atomic mass is 10.1. The summed E-state index contributed by atoms with van der Waals surface area (Å²) in [6.07, 6.45) is -4.63. The zero-order valence-corrected chi connectivity index (χ0v) is 7.11. The van der Waals surface area contributed by atoms with E-state index < -0.39 is 17.6 Å². The first-order valence-electron chi connectivity index (χ1n) is 3.63. The second kappa shape index (κ2) is 3.45. The first-order chi connectivity index (χ1) is 6.36. The lowest BCUT2D eigenvalue weighted by Crippen LogP contribution is -2.10. The lowest BCUT2D eigenvalue weighted by molar-refractivity contribution is -0.138. The highest BCUT2D eigenvalue weighted by molar-refractivity contribution is 5.53. The summed E-state index contributed by atoms with van der Waals surface area (Å²) in [5, 5.41) is 8.45. The van der Waals surface area contributed by atoms with Crippen LogP contribution in [0.15, 0.2) is 12.1 Å². The molecule has 1 aromatic rings. The summed E-state index contributed by atoms with van der Waals surface area (Å²) in [6, 6.07) is 1.17. The highest BCUT2D eigenvalue weighted by Gasteiger charge is 2.33. The number of benzene rings is 1. The van der Waals surface area contributed by atoms with Gasteiger partial charge < -0.3 is 0 Å². The number of anilines is 1. The molecule has 1 rings (SSSR count). The minimum Gasteiger partial charge on any atom is -0.291 e. The van der Waals surface area contributed by atoms with Gasteiger partial charge in [0.25, 0.3) is 0 Å². The molecular weight excluding hydrogens is 202 g/mol. The summed E-state index contributed by atoms with van der Waals surface area (Å²) < 4.78 is 49.5. The van der Waals surface area contributed by atoms with Crippen LogP contribution < -0.4 is 5.48 Å². The zero-order valence-electron chi connectivity index (χ0n) is 7.11. The molecule has 0 aliphatic carbocycles. The van der Waals surface area contributed by atoms with Gasteiger partial charge in [-0.1, -0.05) is 0 Å². The van der Waals surface area contributed by atoms with E-state index in [-0.39, 0.29) is 11.3 Å². The van der Waals surface area contributed by atoms with Crippen molar-refractivity contribution in [1.29, 1.82) is 0 Å². The Morgan fingerprint density at radius 3 is 2.29 bits per heavy atom. The molecule has 0 aromatic heterocycles. The van der Waals surface area contributed by atoms with Gasteiger partial charge in [0.05, 0.1) is 11.3 Å².